The van der Waals surface area contributed by atoms with Crippen molar-refractivity contribution in [2.24, 2.45) is 0 Å². The first kappa shape index (κ1) is 13.7. The fourth-order valence-corrected chi connectivity index (χ4v) is 2.24. The lowest BCUT2D eigenvalue weighted by atomic mass is 10.2. The lowest BCUT2D eigenvalue weighted by molar-refractivity contribution is -0.116. The molecule has 0 atom stereocenters. The Labute approximate surface area is 114 Å². The summed E-state index contributed by atoms with van der Waals surface area (Å²) in [5, 5.41) is 6.55. The second-order valence-corrected chi connectivity index (χ2v) is 4.98. The van der Waals surface area contributed by atoms with Gasteiger partial charge in [-0.2, -0.15) is 0 Å². The molecule has 3 nitrogen and oxygen atoms in total. The molecular weight excluding hydrogens is 338 g/mol. The second kappa shape index (κ2) is 7.09. The Morgan fingerprint density at radius 2 is 2.25 bits per heavy atom. The minimum atomic E-state index is 0.0375. The highest BCUT2D eigenvalue weighted by Gasteiger charge is 2.05. The molecule has 1 amide bonds. The second-order valence-electron chi connectivity index (χ2n) is 3.38. The summed E-state index contributed by atoms with van der Waals surface area (Å²) in [7, 11) is 1.88. The van der Waals surface area contributed by atoms with Crippen LogP contribution < -0.4 is 10.6 Å². The van der Waals surface area contributed by atoms with E-state index >= 15 is 0 Å². The third-order valence-electron chi connectivity index (χ3n) is 2.04. The highest BCUT2D eigenvalue weighted by molar-refractivity contribution is 14.1. The quantitative estimate of drug-likeness (QED) is 0.632. The molecule has 0 unspecified atom stereocenters. The maximum absolute atomic E-state index is 11.5. The zero-order valence-electron chi connectivity index (χ0n) is 9.02. The van der Waals surface area contributed by atoms with E-state index in [1.807, 2.05) is 19.2 Å². The summed E-state index contributed by atoms with van der Waals surface area (Å²) in [5.74, 6) is 0.0375. The molecule has 1 aromatic rings. The van der Waals surface area contributed by atoms with Crippen LogP contribution in [0.4, 0.5) is 5.69 Å². The molecule has 88 valence electrons. The molecule has 0 aromatic heterocycles. The minimum absolute atomic E-state index is 0.0375. The monoisotopic (exact) mass is 352 g/mol. The van der Waals surface area contributed by atoms with E-state index in [0.29, 0.717) is 11.4 Å². The van der Waals surface area contributed by atoms with E-state index in [0.717, 1.165) is 22.2 Å². The third kappa shape index (κ3) is 4.67. The number of amides is 1. The van der Waals surface area contributed by atoms with Crippen LogP contribution in [0.5, 0.6) is 0 Å². The molecule has 0 saturated carbocycles. The van der Waals surface area contributed by atoms with Crippen molar-refractivity contribution in [3.8, 4) is 0 Å². The Kier molecular flexibility index (Phi) is 6.08. The summed E-state index contributed by atoms with van der Waals surface area (Å²) < 4.78 is 0.951. The molecule has 1 rings (SSSR count). The average Bonchev–Trinajstić information content (AvgIpc) is 2.23. The van der Waals surface area contributed by atoms with Gasteiger partial charge in [-0.1, -0.05) is 11.6 Å². The van der Waals surface area contributed by atoms with Gasteiger partial charge < -0.3 is 10.6 Å². The Hall–Kier alpha value is -0.330. The van der Waals surface area contributed by atoms with Gasteiger partial charge in [-0.25, -0.2) is 0 Å². The highest BCUT2D eigenvalue weighted by atomic mass is 127. The van der Waals surface area contributed by atoms with Gasteiger partial charge in [-0.15, -0.1) is 0 Å². The number of hydrogen-bond donors (Lipinski definition) is 2. The Morgan fingerprint density at radius 3 is 2.88 bits per heavy atom. The first-order valence-corrected chi connectivity index (χ1v) is 6.48. The number of carbonyl (C=O) groups excluding carboxylic acids is 1. The maximum atomic E-state index is 11.5. The highest BCUT2D eigenvalue weighted by Crippen LogP contribution is 2.22. The van der Waals surface area contributed by atoms with Crippen molar-refractivity contribution in [2.75, 3.05) is 18.9 Å². The van der Waals surface area contributed by atoms with E-state index in [2.05, 4.69) is 33.2 Å². The van der Waals surface area contributed by atoms with Crippen LogP contribution in [0.3, 0.4) is 0 Å². The van der Waals surface area contributed by atoms with Gasteiger partial charge in [0.2, 0.25) is 5.91 Å². The van der Waals surface area contributed by atoms with E-state index in [-0.39, 0.29) is 5.91 Å². The average molecular weight is 353 g/mol. The summed E-state index contributed by atoms with van der Waals surface area (Å²) in [4.78, 5) is 11.5. The smallest absolute Gasteiger partial charge is 0.224 e. The van der Waals surface area contributed by atoms with Crippen LogP contribution in [-0.2, 0) is 4.79 Å². The van der Waals surface area contributed by atoms with Crippen molar-refractivity contribution in [3.63, 3.8) is 0 Å². The van der Waals surface area contributed by atoms with Crippen molar-refractivity contribution in [1.82, 2.24) is 5.32 Å². The minimum Gasteiger partial charge on any atom is -0.325 e. The van der Waals surface area contributed by atoms with Gasteiger partial charge in [-0.05, 0) is 60.8 Å². The maximum Gasteiger partial charge on any atom is 0.224 e. The molecule has 2 N–H and O–H groups in total. The van der Waals surface area contributed by atoms with E-state index in [9.17, 15) is 4.79 Å². The molecule has 1 aromatic carbocycles. The summed E-state index contributed by atoms with van der Waals surface area (Å²) in [6.45, 7) is 0.852. The normalized spacial score (nSPS) is 10.2. The molecule has 0 heterocycles. The Morgan fingerprint density at radius 1 is 1.50 bits per heavy atom. The van der Waals surface area contributed by atoms with Gasteiger partial charge in [0.25, 0.3) is 0 Å². The van der Waals surface area contributed by atoms with Crippen molar-refractivity contribution >= 4 is 45.8 Å². The fraction of sp³-hybridized carbons (Fsp3) is 0.364. The van der Waals surface area contributed by atoms with Crippen LogP contribution in [0.2, 0.25) is 5.02 Å². The van der Waals surface area contributed by atoms with Crippen LogP contribution >= 0.6 is 34.2 Å². The molecule has 0 saturated heterocycles. The molecule has 0 spiro atoms. The van der Waals surface area contributed by atoms with Gasteiger partial charge in [-0.3, -0.25) is 4.79 Å². The number of rotatable bonds is 5. The van der Waals surface area contributed by atoms with Gasteiger partial charge in [0.15, 0.2) is 0 Å². The van der Waals surface area contributed by atoms with Crippen LogP contribution in [0.1, 0.15) is 12.8 Å². The summed E-state index contributed by atoms with van der Waals surface area (Å²) in [6, 6.07) is 5.42. The van der Waals surface area contributed by atoms with E-state index in [4.69, 9.17) is 11.6 Å². The fourth-order valence-electron chi connectivity index (χ4n) is 1.23. The molecule has 0 aliphatic carbocycles. The lowest BCUT2D eigenvalue weighted by Gasteiger charge is -2.07. The van der Waals surface area contributed by atoms with E-state index in [1.54, 1.807) is 6.07 Å². The first-order valence-electron chi connectivity index (χ1n) is 5.03. The summed E-state index contributed by atoms with van der Waals surface area (Å²) in [5.41, 5.74) is 0.819. The van der Waals surface area contributed by atoms with Gasteiger partial charge >= 0.3 is 0 Å². The standard InChI is InChI=1S/C11H14ClIN2O/c1-14-6-2-3-11(16)15-10-5-4-8(12)7-9(10)13/h4-5,7,14H,2-3,6H2,1H3,(H,15,16). The number of nitrogens with one attached hydrogen (secondary N) is 2. The van der Waals surface area contributed by atoms with Crippen LogP contribution in [0.15, 0.2) is 18.2 Å². The van der Waals surface area contributed by atoms with E-state index in [1.165, 1.54) is 0 Å². The third-order valence-corrected chi connectivity index (χ3v) is 3.16. The summed E-state index contributed by atoms with van der Waals surface area (Å²) in [6.07, 6.45) is 1.37. The van der Waals surface area contributed by atoms with Crippen LogP contribution in [-0.4, -0.2) is 19.5 Å². The first-order chi connectivity index (χ1) is 7.63. The predicted octanol–water partition coefficient (Wildman–Crippen LogP) is 2.88. The SMILES string of the molecule is CNCCCC(=O)Nc1ccc(Cl)cc1I. The van der Waals surface area contributed by atoms with Crippen molar-refractivity contribution in [3.05, 3.63) is 26.8 Å². The molecule has 0 fully saturated rings. The molecule has 0 radical (unpaired) electrons. The largest absolute Gasteiger partial charge is 0.325 e. The number of benzene rings is 1. The topological polar surface area (TPSA) is 41.1 Å². The molecule has 0 aliphatic rings. The number of carbonyl (C=O) groups is 1. The Bertz CT molecular complexity index is 371. The summed E-state index contributed by atoms with van der Waals surface area (Å²) >= 11 is 7.98. The molecular formula is C11H14ClIN2O. The number of hydrogen-bond acceptors (Lipinski definition) is 2. The zero-order valence-corrected chi connectivity index (χ0v) is 11.9. The van der Waals surface area contributed by atoms with Crippen molar-refractivity contribution in [2.45, 2.75) is 12.8 Å². The molecule has 5 heteroatoms. The van der Waals surface area contributed by atoms with E-state index < -0.39 is 0 Å². The Balaban J connectivity index is 2.49. The molecule has 0 aliphatic heterocycles. The number of halogens is 2. The van der Waals surface area contributed by atoms with Crippen LogP contribution in [0, 0.1) is 3.57 Å². The van der Waals surface area contributed by atoms with Gasteiger partial charge in [0.05, 0.1) is 5.69 Å². The van der Waals surface area contributed by atoms with Gasteiger partial charge in [0, 0.05) is 15.0 Å². The number of anilines is 1. The molecule has 16 heavy (non-hydrogen) atoms. The zero-order chi connectivity index (χ0) is 12.0. The van der Waals surface area contributed by atoms with Gasteiger partial charge in [0.1, 0.15) is 0 Å². The predicted molar refractivity (Wildman–Crippen MR) is 76.0 cm³/mol. The van der Waals surface area contributed by atoms with Crippen molar-refractivity contribution < 1.29 is 4.79 Å². The lowest BCUT2D eigenvalue weighted by Crippen LogP contribution is -2.15. The molecule has 0 bridgehead atoms. The van der Waals surface area contributed by atoms with Crippen molar-refractivity contribution in [1.29, 1.82) is 0 Å². The van der Waals surface area contributed by atoms with Crippen LogP contribution in [0.25, 0.3) is 0 Å².